The molecule has 2 aromatic rings. The maximum Gasteiger partial charge on any atom is 0.261 e. The Kier molecular flexibility index (Phi) is 4.76. The number of β-amino-alcohol motifs (C(OH)–C–C–N with tert-alkyl or cyclic N) is 1. The van der Waals surface area contributed by atoms with Crippen molar-refractivity contribution in [2.45, 2.75) is 32.4 Å². The van der Waals surface area contributed by atoms with Crippen LogP contribution in [0.2, 0.25) is 0 Å². The number of hydrogen-bond donors (Lipinski definition) is 1. The third-order valence-corrected chi connectivity index (χ3v) is 4.64. The van der Waals surface area contributed by atoms with Gasteiger partial charge in [-0.15, -0.1) is 0 Å². The van der Waals surface area contributed by atoms with Gasteiger partial charge in [-0.2, -0.15) is 5.10 Å². The Morgan fingerprint density at radius 2 is 2.04 bits per heavy atom. The molecule has 0 saturated carbocycles. The van der Waals surface area contributed by atoms with Gasteiger partial charge in [0.1, 0.15) is 11.5 Å². The van der Waals surface area contributed by atoms with E-state index < -0.39 is 6.10 Å². The highest BCUT2D eigenvalue weighted by atomic mass is 19.1. The number of aryl methyl sites for hydroxylation is 2. The van der Waals surface area contributed by atoms with E-state index in [2.05, 4.69) is 5.10 Å². The molecule has 2 unspecified atom stereocenters. The van der Waals surface area contributed by atoms with Gasteiger partial charge in [-0.1, -0.05) is 12.1 Å². The molecule has 134 valence electrons. The summed E-state index contributed by atoms with van der Waals surface area (Å²) in [6.45, 7) is 3.82. The molecule has 1 aromatic heterocycles. The van der Waals surface area contributed by atoms with Crippen LogP contribution in [0, 0.1) is 19.7 Å². The SMILES string of the molecule is Cc1nn(C)c(C)c1OCC(=O)N1CC(O)CC1c1ccc(F)cc1. The quantitative estimate of drug-likeness (QED) is 0.917. The molecule has 0 radical (unpaired) electrons. The molecule has 1 aliphatic rings. The third-order valence-electron chi connectivity index (χ3n) is 4.64. The maximum absolute atomic E-state index is 13.1. The molecule has 2 atom stereocenters. The van der Waals surface area contributed by atoms with Crippen molar-refractivity contribution in [1.29, 1.82) is 0 Å². The second kappa shape index (κ2) is 6.84. The van der Waals surface area contributed by atoms with Crippen LogP contribution in [0.1, 0.15) is 29.4 Å². The van der Waals surface area contributed by atoms with Gasteiger partial charge in [-0.25, -0.2) is 4.39 Å². The monoisotopic (exact) mass is 347 g/mol. The van der Waals surface area contributed by atoms with E-state index in [0.29, 0.717) is 12.2 Å². The van der Waals surface area contributed by atoms with Crippen molar-refractivity contribution in [3.8, 4) is 5.75 Å². The summed E-state index contributed by atoms with van der Waals surface area (Å²) < 4.78 is 20.5. The summed E-state index contributed by atoms with van der Waals surface area (Å²) in [4.78, 5) is 14.2. The summed E-state index contributed by atoms with van der Waals surface area (Å²) >= 11 is 0. The lowest BCUT2D eigenvalue weighted by molar-refractivity contribution is -0.134. The number of rotatable bonds is 4. The van der Waals surface area contributed by atoms with Gasteiger partial charge in [0.15, 0.2) is 12.4 Å². The van der Waals surface area contributed by atoms with E-state index in [4.69, 9.17) is 4.74 Å². The summed E-state index contributed by atoms with van der Waals surface area (Å²) in [6, 6.07) is 5.74. The summed E-state index contributed by atoms with van der Waals surface area (Å²) in [5.41, 5.74) is 2.38. The van der Waals surface area contributed by atoms with Crippen LogP contribution >= 0.6 is 0 Å². The van der Waals surface area contributed by atoms with E-state index in [9.17, 15) is 14.3 Å². The number of ether oxygens (including phenoxy) is 1. The van der Waals surface area contributed by atoms with Gasteiger partial charge in [-0.05, 0) is 38.0 Å². The van der Waals surface area contributed by atoms with Gasteiger partial charge in [-0.3, -0.25) is 9.48 Å². The largest absolute Gasteiger partial charge is 0.480 e. The minimum Gasteiger partial charge on any atom is -0.480 e. The third kappa shape index (κ3) is 3.51. The summed E-state index contributed by atoms with van der Waals surface area (Å²) in [7, 11) is 1.82. The first-order valence-corrected chi connectivity index (χ1v) is 8.22. The zero-order valence-corrected chi connectivity index (χ0v) is 14.6. The van der Waals surface area contributed by atoms with Gasteiger partial charge in [0.2, 0.25) is 0 Å². The van der Waals surface area contributed by atoms with Crippen molar-refractivity contribution in [2.24, 2.45) is 7.05 Å². The molecule has 1 N–H and O–H groups in total. The first-order valence-electron chi connectivity index (χ1n) is 8.22. The lowest BCUT2D eigenvalue weighted by Gasteiger charge is -2.24. The zero-order chi connectivity index (χ0) is 18.1. The number of halogens is 1. The number of amides is 1. The normalized spacial score (nSPS) is 20.1. The smallest absolute Gasteiger partial charge is 0.261 e. The van der Waals surface area contributed by atoms with Crippen molar-refractivity contribution in [2.75, 3.05) is 13.2 Å². The summed E-state index contributed by atoms with van der Waals surface area (Å²) in [5.74, 6) is 0.0634. The fourth-order valence-electron chi connectivity index (χ4n) is 3.27. The van der Waals surface area contributed by atoms with Crippen LogP contribution in [0.25, 0.3) is 0 Å². The van der Waals surface area contributed by atoms with Gasteiger partial charge in [0.25, 0.3) is 5.91 Å². The fourth-order valence-corrected chi connectivity index (χ4v) is 3.27. The van der Waals surface area contributed by atoms with Crippen LogP contribution in [0.15, 0.2) is 24.3 Å². The average molecular weight is 347 g/mol. The first kappa shape index (κ1) is 17.4. The van der Waals surface area contributed by atoms with Gasteiger partial charge < -0.3 is 14.7 Å². The number of aliphatic hydroxyl groups is 1. The van der Waals surface area contributed by atoms with E-state index in [1.54, 1.807) is 21.7 Å². The van der Waals surface area contributed by atoms with Crippen molar-refractivity contribution in [3.05, 3.63) is 47.0 Å². The summed E-state index contributed by atoms with van der Waals surface area (Å²) in [6.07, 6.45) is -0.164. The highest BCUT2D eigenvalue weighted by Crippen LogP contribution is 2.32. The van der Waals surface area contributed by atoms with Crippen LogP contribution in [-0.2, 0) is 11.8 Å². The van der Waals surface area contributed by atoms with Crippen LogP contribution in [0.3, 0.4) is 0 Å². The maximum atomic E-state index is 13.1. The highest BCUT2D eigenvalue weighted by molar-refractivity contribution is 5.78. The van der Waals surface area contributed by atoms with Crippen LogP contribution in [0.4, 0.5) is 4.39 Å². The molecule has 3 rings (SSSR count). The number of carbonyl (C=O) groups is 1. The van der Waals surface area contributed by atoms with E-state index in [1.807, 2.05) is 20.9 Å². The predicted molar refractivity (Wildman–Crippen MR) is 89.7 cm³/mol. The molecule has 7 heteroatoms. The summed E-state index contributed by atoms with van der Waals surface area (Å²) in [5, 5.41) is 14.2. The number of nitrogens with zero attached hydrogens (tertiary/aromatic N) is 3. The second-order valence-corrected chi connectivity index (χ2v) is 6.42. The van der Waals surface area contributed by atoms with Crippen LogP contribution in [-0.4, -0.2) is 44.9 Å². The molecule has 25 heavy (non-hydrogen) atoms. The molecule has 1 saturated heterocycles. The Bertz CT molecular complexity index is 773. The van der Waals surface area contributed by atoms with Crippen molar-refractivity contribution in [1.82, 2.24) is 14.7 Å². The molecule has 0 aliphatic carbocycles. The van der Waals surface area contributed by atoms with Crippen LogP contribution in [0.5, 0.6) is 5.75 Å². The van der Waals surface area contributed by atoms with Crippen molar-refractivity contribution in [3.63, 3.8) is 0 Å². The van der Waals surface area contributed by atoms with Crippen molar-refractivity contribution >= 4 is 5.91 Å². The van der Waals surface area contributed by atoms with Gasteiger partial charge in [0.05, 0.1) is 17.8 Å². The molecule has 0 bridgehead atoms. The molecule has 1 amide bonds. The highest BCUT2D eigenvalue weighted by Gasteiger charge is 2.35. The van der Waals surface area contributed by atoms with E-state index >= 15 is 0 Å². The fraction of sp³-hybridized carbons (Fsp3) is 0.444. The Hall–Kier alpha value is -2.41. The molecule has 0 spiro atoms. The minimum absolute atomic E-state index is 0.127. The zero-order valence-electron chi connectivity index (χ0n) is 14.6. The lowest BCUT2D eigenvalue weighted by Crippen LogP contribution is -2.35. The second-order valence-electron chi connectivity index (χ2n) is 6.42. The molecular formula is C18H22FN3O3. The van der Waals surface area contributed by atoms with E-state index in [0.717, 1.165) is 17.0 Å². The number of likely N-dealkylation sites (tertiary alicyclic amines) is 1. The van der Waals surface area contributed by atoms with Crippen molar-refractivity contribution < 1.29 is 19.0 Å². The number of carbonyl (C=O) groups excluding carboxylic acids is 1. The average Bonchev–Trinajstić information content (AvgIpc) is 3.07. The predicted octanol–water partition coefficient (Wildman–Crippen LogP) is 1.89. The molecule has 1 aromatic carbocycles. The lowest BCUT2D eigenvalue weighted by atomic mass is 10.0. The van der Waals surface area contributed by atoms with Gasteiger partial charge >= 0.3 is 0 Å². The molecule has 1 aliphatic heterocycles. The topological polar surface area (TPSA) is 67.6 Å². The van der Waals surface area contributed by atoms with Crippen LogP contribution < -0.4 is 4.74 Å². The first-order chi connectivity index (χ1) is 11.9. The number of aliphatic hydroxyl groups excluding tert-OH is 1. The Balaban J connectivity index is 1.72. The molecule has 2 heterocycles. The Morgan fingerprint density at radius 1 is 1.36 bits per heavy atom. The Morgan fingerprint density at radius 3 is 2.64 bits per heavy atom. The standard InChI is InChI=1S/C18H22FN3O3/c1-11-18(12(2)21(3)20-11)25-10-17(24)22-9-15(23)8-16(22)13-4-6-14(19)7-5-13/h4-7,15-16,23H,8-10H2,1-3H3. The minimum atomic E-state index is -0.596. The molecular weight excluding hydrogens is 325 g/mol. The molecule has 6 nitrogen and oxygen atoms in total. The number of aromatic nitrogens is 2. The molecule has 1 fully saturated rings. The number of hydrogen-bond acceptors (Lipinski definition) is 4. The van der Waals surface area contributed by atoms with Gasteiger partial charge in [0, 0.05) is 13.6 Å². The van der Waals surface area contributed by atoms with E-state index in [1.165, 1.54) is 12.1 Å². The van der Waals surface area contributed by atoms with E-state index in [-0.39, 0.29) is 30.9 Å². The number of benzene rings is 1. The Labute approximate surface area is 145 Å².